The minimum atomic E-state index is -0.597. The monoisotopic (exact) mass is 317 g/mol. The summed E-state index contributed by atoms with van der Waals surface area (Å²) in [5.74, 6) is -0.175. The van der Waals surface area contributed by atoms with Crippen LogP contribution in [0.3, 0.4) is 0 Å². The van der Waals surface area contributed by atoms with Crippen molar-refractivity contribution in [1.82, 2.24) is 21.5 Å². The van der Waals surface area contributed by atoms with Crippen LogP contribution in [0, 0.1) is 5.92 Å². The van der Waals surface area contributed by atoms with Gasteiger partial charge in [-0.05, 0) is 32.0 Å². The number of anilines is 1. The van der Waals surface area contributed by atoms with Crippen LogP contribution in [0.4, 0.5) is 5.69 Å². The first-order valence-corrected chi connectivity index (χ1v) is 8.03. The summed E-state index contributed by atoms with van der Waals surface area (Å²) in [4.78, 5) is 24.6. The lowest BCUT2D eigenvalue weighted by atomic mass is 9.89. The molecule has 2 fully saturated rings. The highest BCUT2D eigenvalue weighted by atomic mass is 16.2. The Morgan fingerprint density at radius 2 is 2.00 bits per heavy atom. The maximum atomic E-state index is 12.4. The number of hydrogen-bond acceptors (Lipinski definition) is 5. The molecule has 2 saturated heterocycles. The summed E-state index contributed by atoms with van der Waals surface area (Å²) in [6, 6.07) is 8.60. The van der Waals surface area contributed by atoms with Crippen molar-refractivity contribution in [3.05, 3.63) is 30.3 Å². The Labute approximate surface area is 135 Å². The van der Waals surface area contributed by atoms with Crippen molar-refractivity contribution in [3.63, 3.8) is 0 Å². The Hall–Kier alpha value is -1.96. The highest BCUT2D eigenvalue weighted by Gasteiger charge is 2.41. The zero-order chi connectivity index (χ0) is 16.2. The van der Waals surface area contributed by atoms with E-state index in [0.717, 1.165) is 25.2 Å². The largest absolute Gasteiger partial charge is 0.343 e. The molecule has 7 heteroatoms. The molecule has 4 atom stereocenters. The molecule has 2 heterocycles. The molecule has 1 aromatic rings. The zero-order valence-corrected chi connectivity index (χ0v) is 13.1. The normalized spacial score (nSPS) is 27.8. The van der Waals surface area contributed by atoms with Crippen molar-refractivity contribution in [3.8, 4) is 0 Å². The molecule has 2 aliphatic rings. The molecule has 1 aromatic carbocycles. The standard InChI is InChI=1S/C16H23N5O2/c1-10(15(22)19-11-5-3-2-4-6-11)18-16(23)14-12-9-17-8-7-13(12)20-21-14/h2-6,10,12-14,17,20-21H,7-9H2,1H3,(H,18,23)(H,19,22). The molecule has 3 rings (SSSR count). The lowest BCUT2D eigenvalue weighted by Crippen LogP contribution is -2.53. The number of carbonyl (C=O) groups is 2. The van der Waals surface area contributed by atoms with E-state index in [1.54, 1.807) is 6.92 Å². The van der Waals surface area contributed by atoms with E-state index in [9.17, 15) is 9.59 Å². The second-order valence-corrected chi connectivity index (χ2v) is 6.12. The molecule has 0 saturated carbocycles. The summed E-state index contributed by atoms with van der Waals surface area (Å²) in [5, 5.41) is 8.90. The number of nitrogens with one attached hydrogen (secondary N) is 5. The molecule has 0 spiro atoms. The molecular formula is C16H23N5O2. The maximum Gasteiger partial charge on any atom is 0.246 e. The third-order valence-electron chi connectivity index (χ3n) is 4.46. The van der Waals surface area contributed by atoms with Crippen molar-refractivity contribution in [2.24, 2.45) is 5.92 Å². The van der Waals surface area contributed by atoms with Gasteiger partial charge in [0.1, 0.15) is 12.1 Å². The molecular weight excluding hydrogens is 294 g/mol. The molecule has 7 nitrogen and oxygen atoms in total. The molecule has 2 aliphatic heterocycles. The number of amides is 2. The average molecular weight is 317 g/mol. The fraction of sp³-hybridized carbons (Fsp3) is 0.500. The highest BCUT2D eigenvalue weighted by molar-refractivity contribution is 5.97. The SMILES string of the molecule is CC(NC(=O)C1NNC2CCNCC21)C(=O)Nc1ccccc1. The van der Waals surface area contributed by atoms with Gasteiger partial charge in [0.2, 0.25) is 11.8 Å². The van der Waals surface area contributed by atoms with Crippen LogP contribution in [-0.4, -0.2) is 43.0 Å². The molecule has 0 bridgehead atoms. The molecule has 2 amide bonds. The van der Waals surface area contributed by atoms with Crippen molar-refractivity contribution in [1.29, 1.82) is 0 Å². The first kappa shape index (κ1) is 15.9. The summed E-state index contributed by atoms with van der Waals surface area (Å²) in [7, 11) is 0. The van der Waals surface area contributed by atoms with Gasteiger partial charge in [-0.25, -0.2) is 5.43 Å². The maximum absolute atomic E-state index is 12.4. The predicted octanol–water partition coefficient (Wildman–Crippen LogP) is -0.416. The second kappa shape index (κ2) is 7.08. The van der Waals surface area contributed by atoms with Crippen molar-refractivity contribution in [2.45, 2.75) is 31.5 Å². The predicted molar refractivity (Wildman–Crippen MR) is 87.5 cm³/mol. The van der Waals surface area contributed by atoms with Crippen LogP contribution in [0.5, 0.6) is 0 Å². The smallest absolute Gasteiger partial charge is 0.246 e. The number of hydrogen-bond donors (Lipinski definition) is 5. The van der Waals surface area contributed by atoms with Gasteiger partial charge in [-0.2, -0.15) is 0 Å². The fourth-order valence-corrected chi connectivity index (χ4v) is 3.12. The highest BCUT2D eigenvalue weighted by Crippen LogP contribution is 2.20. The van der Waals surface area contributed by atoms with Crippen molar-refractivity contribution >= 4 is 17.5 Å². The molecule has 5 N–H and O–H groups in total. The van der Waals surface area contributed by atoms with Gasteiger partial charge in [-0.1, -0.05) is 18.2 Å². The Morgan fingerprint density at radius 3 is 2.78 bits per heavy atom. The second-order valence-electron chi connectivity index (χ2n) is 6.12. The first-order valence-electron chi connectivity index (χ1n) is 8.03. The van der Waals surface area contributed by atoms with E-state index in [1.165, 1.54) is 0 Å². The van der Waals surface area contributed by atoms with E-state index in [4.69, 9.17) is 0 Å². The summed E-state index contributed by atoms with van der Waals surface area (Å²) >= 11 is 0. The van der Waals surface area contributed by atoms with Crippen molar-refractivity contribution in [2.75, 3.05) is 18.4 Å². The van der Waals surface area contributed by atoms with E-state index < -0.39 is 6.04 Å². The summed E-state index contributed by atoms with van der Waals surface area (Å²) in [6.07, 6.45) is 0.992. The summed E-state index contributed by atoms with van der Waals surface area (Å²) < 4.78 is 0. The number of piperidine rings is 1. The Balaban J connectivity index is 1.54. The van der Waals surface area contributed by atoms with E-state index in [-0.39, 0.29) is 23.8 Å². The summed E-state index contributed by atoms with van der Waals surface area (Å²) in [6.45, 7) is 3.45. The quantitative estimate of drug-likeness (QED) is 0.520. The van der Waals surface area contributed by atoms with E-state index in [0.29, 0.717) is 6.04 Å². The number of para-hydroxylation sites is 1. The van der Waals surface area contributed by atoms with Crippen LogP contribution < -0.4 is 26.8 Å². The lowest BCUT2D eigenvalue weighted by molar-refractivity contribution is -0.128. The molecule has 124 valence electrons. The van der Waals surface area contributed by atoms with Gasteiger partial charge in [0.15, 0.2) is 0 Å². The Kier molecular flexibility index (Phi) is 4.90. The minimum absolute atomic E-state index is 0.149. The summed E-state index contributed by atoms with van der Waals surface area (Å²) in [5.41, 5.74) is 6.96. The van der Waals surface area contributed by atoms with Gasteiger partial charge >= 0.3 is 0 Å². The van der Waals surface area contributed by atoms with Crippen LogP contribution in [0.2, 0.25) is 0 Å². The third-order valence-corrected chi connectivity index (χ3v) is 4.46. The Morgan fingerprint density at radius 1 is 1.22 bits per heavy atom. The molecule has 0 aromatic heterocycles. The fourth-order valence-electron chi connectivity index (χ4n) is 3.12. The topological polar surface area (TPSA) is 94.3 Å². The van der Waals surface area contributed by atoms with Crippen LogP contribution in [0.25, 0.3) is 0 Å². The Bertz CT molecular complexity index is 565. The zero-order valence-electron chi connectivity index (χ0n) is 13.1. The number of benzene rings is 1. The number of fused-ring (bicyclic) bond motifs is 1. The third kappa shape index (κ3) is 3.69. The average Bonchev–Trinajstić information content (AvgIpc) is 2.99. The number of rotatable bonds is 4. The molecule has 0 aliphatic carbocycles. The van der Waals surface area contributed by atoms with E-state index >= 15 is 0 Å². The van der Waals surface area contributed by atoms with Crippen molar-refractivity contribution < 1.29 is 9.59 Å². The van der Waals surface area contributed by atoms with Gasteiger partial charge in [-0.15, -0.1) is 0 Å². The minimum Gasteiger partial charge on any atom is -0.343 e. The molecule has 23 heavy (non-hydrogen) atoms. The first-order chi connectivity index (χ1) is 11.1. The van der Waals surface area contributed by atoms with Crippen LogP contribution in [0.15, 0.2) is 30.3 Å². The van der Waals surface area contributed by atoms with Crippen LogP contribution in [-0.2, 0) is 9.59 Å². The van der Waals surface area contributed by atoms with Gasteiger partial charge in [0, 0.05) is 24.2 Å². The van der Waals surface area contributed by atoms with Crippen LogP contribution in [0.1, 0.15) is 13.3 Å². The molecule has 4 unspecified atom stereocenters. The molecule has 0 radical (unpaired) electrons. The van der Waals surface area contributed by atoms with Gasteiger partial charge in [-0.3, -0.25) is 15.0 Å². The van der Waals surface area contributed by atoms with Gasteiger partial charge < -0.3 is 16.0 Å². The van der Waals surface area contributed by atoms with Gasteiger partial charge in [0.05, 0.1) is 0 Å². The number of hydrazine groups is 1. The van der Waals surface area contributed by atoms with E-state index in [1.807, 2.05) is 30.3 Å². The van der Waals surface area contributed by atoms with Gasteiger partial charge in [0.25, 0.3) is 0 Å². The van der Waals surface area contributed by atoms with Crippen LogP contribution >= 0.6 is 0 Å². The van der Waals surface area contributed by atoms with E-state index in [2.05, 4.69) is 26.8 Å². The lowest BCUT2D eigenvalue weighted by Gasteiger charge is -2.28. The number of carbonyl (C=O) groups excluding carboxylic acids is 2.